The number of hydrogen-bond acceptors (Lipinski definition) is 6. The van der Waals surface area contributed by atoms with Crippen LogP contribution in [0.15, 0.2) is 35.7 Å². The van der Waals surface area contributed by atoms with Gasteiger partial charge in [-0.05, 0) is 55.4 Å². The summed E-state index contributed by atoms with van der Waals surface area (Å²) in [5.74, 6) is 0.403. The number of nitro benzene ring substituents is 1. The van der Waals surface area contributed by atoms with Crippen molar-refractivity contribution in [2.24, 2.45) is 5.92 Å². The van der Waals surface area contributed by atoms with E-state index in [4.69, 9.17) is 5.73 Å². The average Bonchev–Trinajstić information content (AvgIpc) is 3.17. The van der Waals surface area contributed by atoms with Crippen molar-refractivity contribution in [2.75, 3.05) is 25.4 Å². The standard InChI is InChI=1S/C19H24N4O3S/c1-13-6-8-22(9-7-13)17(18-3-2-10-27-18)12-21-19(24)14-4-5-15(20)16(11-14)23(25)26/h2-5,10-11,13,17H,6-9,12,20H2,1H3,(H,21,24)/t17-/m0/s1. The van der Waals surface area contributed by atoms with E-state index in [9.17, 15) is 14.9 Å². The van der Waals surface area contributed by atoms with Crippen molar-refractivity contribution in [3.05, 3.63) is 56.3 Å². The number of piperidine rings is 1. The zero-order chi connectivity index (χ0) is 19.4. The summed E-state index contributed by atoms with van der Waals surface area (Å²) in [4.78, 5) is 26.6. The first-order valence-electron chi connectivity index (χ1n) is 9.05. The molecule has 1 saturated heterocycles. The van der Waals surface area contributed by atoms with Crippen LogP contribution in [0.3, 0.4) is 0 Å². The van der Waals surface area contributed by atoms with Gasteiger partial charge in [0.1, 0.15) is 5.69 Å². The molecule has 3 rings (SSSR count). The minimum absolute atomic E-state index is 0.0513. The lowest BCUT2D eigenvalue weighted by atomic mass is 9.97. The van der Waals surface area contributed by atoms with E-state index in [0.717, 1.165) is 31.8 Å². The first-order chi connectivity index (χ1) is 13.0. The Labute approximate surface area is 162 Å². The number of amides is 1. The minimum atomic E-state index is -0.574. The molecule has 1 fully saturated rings. The molecule has 0 spiro atoms. The van der Waals surface area contributed by atoms with Gasteiger partial charge in [-0.15, -0.1) is 11.3 Å². The molecule has 0 saturated carbocycles. The number of nitrogens with zero attached hydrogens (tertiary/aromatic N) is 2. The summed E-state index contributed by atoms with van der Waals surface area (Å²) in [6.45, 7) is 4.75. The van der Waals surface area contributed by atoms with Crippen LogP contribution in [0.1, 0.15) is 41.0 Å². The quantitative estimate of drug-likeness (QED) is 0.448. The Bertz CT molecular complexity index is 801. The number of hydrogen-bond donors (Lipinski definition) is 2. The fraction of sp³-hybridized carbons (Fsp3) is 0.421. The molecule has 27 heavy (non-hydrogen) atoms. The number of nitro groups is 1. The highest BCUT2D eigenvalue weighted by molar-refractivity contribution is 7.10. The van der Waals surface area contributed by atoms with Gasteiger partial charge in [-0.3, -0.25) is 19.8 Å². The van der Waals surface area contributed by atoms with Gasteiger partial charge in [0.05, 0.1) is 11.0 Å². The molecule has 1 amide bonds. The van der Waals surface area contributed by atoms with Crippen LogP contribution >= 0.6 is 11.3 Å². The number of nitrogens with two attached hydrogens (primary N) is 1. The van der Waals surface area contributed by atoms with Crippen molar-refractivity contribution in [1.29, 1.82) is 0 Å². The van der Waals surface area contributed by atoms with Crippen LogP contribution in [0.5, 0.6) is 0 Å². The number of thiophene rings is 1. The number of carbonyl (C=O) groups is 1. The summed E-state index contributed by atoms with van der Waals surface area (Å²) in [6, 6.07) is 8.37. The Kier molecular flexibility index (Phi) is 6.08. The Morgan fingerprint density at radius 1 is 1.41 bits per heavy atom. The van der Waals surface area contributed by atoms with Crippen LogP contribution < -0.4 is 11.1 Å². The number of anilines is 1. The molecule has 144 valence electrons. The highest BCUT2D eigenvalue weighted by Gasteiger charge is 2.26. The SMILES string of the molecule is CC1CCN([C@@H](CNC(=O)c2ccc(N)c([N+](=O)[O-])c2)c2cccs2)CC1. The van der Waals surface area contributed by atoms with Crippen LogP contribution in [0.2, 0.25) is 0 Å². The van der Waals surface area contributed by atoms with E-state index in [2.05, 4.69) is 23.2 Å². The Morgan fingerprint density at radius 2 is 2.15 bits per heavy atom. The normalized spacial score (nSPS) is 16.8. The number of rotatable bonds is 6. The number of benzene rings is 1. The maximum Gasteiger partial charge on any atom is 0.292 e. The van der Waals surface area contributed by atoms with E-state index >= 15 is 0 Å². The molecule has 1 atom stereocenters. The average molecular weight is 388 g/mol. The van der Waals surface area contributed by atoms with Crippen LogP contribution in [0.4, 0.5) is 11.4 Å². The van der Waals surface area contributed by atoms with Crippen LogP contribution in [0, 0.1) is 16.0 Å². The molecule has 8 heteroatoms. The topological polar surface area (TPSA) is 102 Å². The van der Waals surface area contributed by atoms with Gasteiger partial charge in [0.25, 0.3) is 11.6 Å². The monoisotopic (exact) mass is 388 g/mol. The van der Waals surface area contributed by atoms with Gasteiger partial charge in [-0.1, -0.05) is 13.0 Å². The largest absolute Gasteiger partial charge is 0.393 e. The number of nitrogens with one attached hydrogen (secondary N) is 1. The first kappa shape index (κ1) is 19.3. The van der Waals surface area contributed by atoms with E-state index in [0.29, 0.717) is 6.54 Å². The van der Waals surface area contributed by atoms with E-state index in [1.54, 1.807) is 11.3 Å². The molecule has 2 aromatic rings. The summed E-state index contributed by atoms with van der Waals surface area (Å²) in [5, 5.41) is 16.0. The highest BCUT2D eigenvalue weighted by Crippen LogP contribution is 2.29. The number of nitrogen functional groups attached to an aromatic ring is 1. The molecule has 1 aliphatic rings. The predicted molar refractivity (Wildman–Crippen MR) is 107 cm³/mol. The van der Waals surface area contributed by atoms with E-state index < -0.39 is 4.92 Å². The second-order valence-corrected chi connectivity index (χ2v) is 7.97. The third kappa shape index (κ3) is 4.64. The molecule has 0 aliphatic carbocycles. The second-order valence-electron chi connectivity index (χ2n) is 6.99. The lowest BCUT2D eigenvalue weighted by molar-refractivity contribution is -0.383. The van der Waals surface area contributed by atoms with E-state index in [-0.39, 0.29) is 28.9 Å². The molecule has 7 nitrogen and oxygen atoms in total. The van der Waals surface area contributed by atoms with Crippen LogP contribution in [-0.4, -0.2) is 35.4 Å². The van der Waals surface area contributed by atoms with Gasteiger partial charge in [0, 0.05) is 23.1 Å². The molecule has 1 aliphatic heterocycles. The molecular weight excluding hydrogens is 364 g/mol. The minimum Gasteiger partial charge on any atom is -0.393 e. The second kappa shape index (κ2) is 8.49. The van der Waals surface area contributed by atoms with Gasteiger partial charge in [-0.2, -0.15) is 0 Å². The van der Waals surface area contributed by atoms with Crippen LogP contribution in [0.25, 0.3) is 0 Å². The molecule has 1 aromatic heterocycles. The van der Waals surface area contributed by atoms with Crippen molar-refractivity contribution in [1.82, 2.24) is 10.2 Å². The summed E-state index contributed by atoms with van der Waals surface area (Å²) >= 11 is 1.68. The zero-order valence-electron chi connectivity index (χ0n) is 15.3. The Balaban J connectivity index is 1.71. The smallest absolute Gasteiger partial charge is 0.292 e. The summed E-state index contributed by atoms with van der Waals surface area (Å²) in [6.07, 6.45) is 2.31. The Hall–Kier alpha value is -2.45. The fourth-order valence-corrected chi connectivity index (χ4v) is 4.23. The zero-order valence-corrected chi connectivity index (χ0v) is 16.1. The van der Waals surface area contributed by atoms with Crippen molar-refractivity contribution < 1.29 is 9.72 Å². The lowest BCUT2D eigenvalue weighted by Gasteiger charge is -2.36. The highest BCUT2D eigenvalue weighted by atomic mass is 32.1. The van der Waals surface area contributed by atoms with E-state index in [1.807, 2.05) is 11.4 Å². The van der Waals surface area contributed by atoms with E-state index in [1.165, 1.54) is 23.1 Å². The maximum atomic E-state index is 12.6. The lowest BCUT2D eigenvalue weighted by Crippen LogP contribution is -2.41. The molecular formula is C19H24N4O3S. The van der Waals surface area contributed by atoms with Gasteiger partial charge < -0.3 is 11.1 Å². The molecule has 0 unspecified atom stereocenters. The number of likely N-dealkylation sites (tertiary alicyclic amines) is 1. The molecule has 0 bridgehead atoms. The molecule has 1 aromatic carbocycles. The summed E-state index contributed by atoms with van der Waals surface area (Å²) in [5.41, 5.74) is 5.65. The third-order valence-electron chi connectivity index (χ3n) is 5.08. The van der Waals surface area contributed by atoms with Crippen molar-refractivity contribution in [3.8, 4) is 0 Å². The van der Waals surface area contributed by atoms with Gasteiger partial charge >= 0.3 is 0 Å². The summed E-state index contributed by atoms with van der Waals surface area (Å²) in [7, 11) is 0. The third-order valence-corrected chi connectivity index (χ3v) is 6.05. The molecule has 2 heterocycles. The molecule has 0 radical (unpaired) electrons. The first-order valence-corrected chi connectivity index (χ1v) is 9.93. The van der Waals surface area contributed by atoms with Crippen molar-refractivity contribution in [2.45, 2.75) is 25.8 Å². The maximum absolute atomic E-state index is 12.6. The fourth-order valence-electron chi connectivity index (χ4n) is 3.37. The van der Waals surface area contributed by atoms with Gasteiger partial charge in [0.2, 0.25) is 0 Å². The Morgan fingerprint density at radius 3 is 2.78 bits per heavy atom. The van der Waals surface area contributed by atoms with Crippen molar-refractivity contribution >= 4 is 28.6 Å². The van der Waals surface area contributed by atoms with Crippen molar-refractivity contribution in [3.63, 3.8) is 0 Å². The molecule has 3 N–H and O–H groups in total. The summed E-state index contributed by atoms with van der Waals surface area (Å²) < 4.78 is 0. The number of carbonyl (C=O) groups excluding carboxylic acids is 1. The van der Waals surface area contributed by atoms with Gasteiger partial charge in [-0.25, -0.2) is 0 Å². The predicted octanol–water partition coefficient (Wildman–Crippen LogP) is 3.44. The van der Waals surface area contributed by atoms with Crippen LogP contribution in [-0.2, 0) is 0 Å². The van der Waals surface area contributed by atoms with Gasteiger partial charge in [0.15, 0.2) is 0 Å².